The Hall–Kier alpha value is -2.41. The molecule has 0 radical (unpaired) electrons. The van der Waals surface area contributed by atoms with Crippen LogP contribution in [0.4, 0.5) is 0 Å². The number of aliphatic hydroxyl groups excluding tert-OH is 3. The average molecular weight is 453 g/mol. The predicted molar refractivity (Wildman–Crippen MR) is 112 cm³/mol. The van der Waals surface area contributed by atoms with Gasteiger partial charge in [-0.1, -0.05) is 30.3 Å². The van der Waals surface area contributed by atoms with Crippen molar-refractivity contribution >= 4 is 17.7 Å². The van der Waals surface area contributed by atoms with Crippen LogP contribution in [0.1, 0.15) is 25.3 Å². The van der Waals surface area contributed by atoms with Gasteiger partial charge < -0.3 is 35.8 Å². The number of nitrogens with two attached hydrogens (primary N) is 1. The zero-order chi connectivity index (χ0) is 23.7. The highest BCUT2D eigenvalue weighted by Gasteiger charge is 2.42. The van der Waals surface area contributed by atoms with Crippen LogP contribution in [0.5, 0.6) is 0 Å². The molecular formula is C21H31N3O8. The highest BCUT2D eigenvalue weighted by molar-refractivity contribution is 5.98. The van der Waals surface area contributed by atoms with Crippen LogP contribution in [0, 0.1) is 0 Å². The maximum absolute atomic E-state index is 12.0. The van der Waals surface area contributed by atoms with Gasteiger partial charge in [-0.2, -0.15) is 0 Å². The van der Waals surface area contributed by atoms with Crippen molar-refractivity contribution in [2.45, 2.75) is 62.9 Å². The number of nitrogens with one attached hydrogen (secondary N) is 2. The molecule has 1 aromatic rings. The number of ether oxygens (including phenoxy) is 2. The maximum atomic E-state index is 12.0. The van der Waals surface area contributed by atoms with E-state index in [0.717, 1.165) is 5.56 Å². The third-order valence-corrected chi connectivity index (χ3v) is 4.99. The first-order valence-electron chi connectivity index (χ1n) is 10.4. The molecule has 1 aliphatic heterocycles. The quantitative estimate of drug-likeness (QED) is 0.217. The van der Waals surface area contributed by atoms with Gasteiger partial charge in [0.15, 0.2) is 6.29 Å². The molecule has 2 rings (SSSR count). The van der Waals surface area contributed by atoms with E-state index < -0.39 is 54.5 Å². The normalized spacial score (nSPS) is 26.2. The van der Waals surface area contributed by atoms with E-state index in [4.69, 9.17) is 15.2 Å². The van der Waals surface area contributed by atoms with E-state index in [9.17, 15) is 29.7 Å². The zero-order valence-electron chi connectivity index (χ0n) is 17.8. The highest BCUT2D eigenvalue weighted by Crippen LogP contribution is 2.21. The predicted octanol–water partition coefficient (Wildman–Crippen LogP) is -2.06. The molecule has 0 spiro atoms. The van der Waals surface area contributed by atoms with Gasteiger partial charge in [-0.05, 0) is 18.9 Å². The van der Waals surface area contributed by atoms with Gasteiger partial charge in [-0.3, -0.25) is 19.7 Å². The Kier molecular flexibility index (Phi) is 10.2. The lowest BCUT2D eigenvalue weighted by molar-refractivity contribution is -0.292. The third kappa shape index (κ3) is 7.93. The van der Waals surface area contributed by atoms with Gasteiger partial charge in [-0.25, -0.2) is 0 Å². The molecule has 0 aromatic heterocycles. The zero-order valence-corrected chi connectivity index (χ0v) is 17.8. The van der Waals surface area contributed by atoms with Crippen molar-refractivity contribution in [3.8, 4) is 0 Å². The molecule has 0 saturated carbocycles. The molecule has 1 aromatic carbocycles. The van der Waals surface area contributed by atoms with Crippen LogP contribution in [0.2, 0.25) is 0 Å². The number of hydrogen-bond donors (Lipinski definition) is 6. The summed E-state index contributed by atoms with van der Waals surface area (Å²) in [4.78, 5) is 35.8. The lowest BCUT2D eigenvalue weighted by Crippen LogP contribution is -2.57. The molecule has 7 N–H and O–H groups in total. The summed E-state index contributed by atoms with van der Waals surface area (Å²) in [6, 6.07) is 8.28. The van der Waals surface area contributed by atoms with Gasteiger partial charge in [0.25, 0.3) is 0 Å². The second-order valence-corrected chi connectivity index (χ2v) is 7.61. The fourth-order valence-corrected chi connectivity index (χ4v) is 3.09. The Morgan fingerprint density at radius 2 is 1.72 bits per heavy atom. The standard InChI is InChI=1S/C21H31N3O8/c1-12-17(27)18(28)19(29)21(32-12)31-10-9-23-15(25)7-8-16(26)24-20(30)14(22)11-13-5-3-2-4-6-13/h2-6,12,14,17-19,21,27-29H,7-11,22H2,1H3,(H,23,25)(H,24,26,30)/t12-,14-,17+,18+,19-,21+/m0/s1. The summed E-state index contributed by atoms with van der Waals surface area (Å²) in [5.41, 5.74) is 6.69. The third-order valence-electron chi connectivity index (χ3n) is 4.99. The van der Waals surface area contributed by atoms with Crippen molar-refractivity contribution in [2.75, 3.05) is 13.2 Å². The van der Waals surface area contributed by atoms with Crippen LogP contribution >= 0.6 is 0 Å². The summed E-state index contributed by atoms with van der Waals surface area (Å²) in [6.07, 6.45) is -5.97. The molecule has 3 amide bonds. The minimum atomic E-state index is -1.42. The van der Waals surface area contributed by atoms with E-state index >= 15 is 0 Å². The van der Waals surface area contributed by atoms with Gasteiger partial charge in [0.1, 0.15) is 18.3 Å². The lowest BCUT2D eigenvalue weighted by atomic mass is 10.0. The summed E-state index contributed by atoms with van der Waals surface area (Å²) in [5.74, 6) is -1.65. The summed E-state index contributed by atoms with van der Waals surface area (Å²) in [5, 5.41) is 33.9. The minimum absolute atomic E-state index is 0.0258. The number of hydrogen-bond acceptors (Lipinski definition) is 9. The summed E-state index contributed by atoms with van der Waals surface area (Å²) < 4.78 is 10.6. The van der Waals surface area contributed by atoms with Crippen molar-refractivity contribution in [3.05, 3.63) is 35.9 Å². The van der Waals surface area contributed by atoms with Crippen molar-refractivity contribution in [2.24, 2.45) is 5.73 Å². The second kappa shape index (κ2) is 12.6. The fraction of sp³-hybridized carbons (Fsp3) is 0.571. The minimum Gasteiger partial charge on any atom is -0.388 e. The van der Waals surface area contributed by atoms with E-state index in [1.807, 2.05) is 30.3 Å². The smallest absolute Gasteiger partial charge is 0.243 e. The van der Waals surface area contributed by atoms with Crippen LogP contribution in [-0.4, -0.2) is 82.9 Å². The Morgan fingerprint density at radius 3 is 2.41 bits per heavy atom. The number of carbonyl (C=O) groups excluding carboxylic acids is 3. The van der Waals surface area contributed by atoms with Crippen molar-refractivity contribution in [3.63, 3.8) is 0 Å². The first-order valence-corrected chi connectivity index (χ1v) is 10.4. The molecule has 11 heteroatoms. The summed E-state index contributed by atoms with van der Waals surface area (Å²) in [6.45, 7) is 1.57. The Morgan fingerprint density at radius 1 is 1.06 bits per heavy atom. The fourth-order valence-electron chi connectivity index (χ4n) is 3.09. The molecule has 1 heterocycles. The number of benzene rings is 1. The molecule has 0 aliphatic carbocycles. The van der Waals surface area contributed by atoms with Gasteiger partial charge in [-0.15, -0.1) is 0 Å². The van der Waals surface area contributed by atoms with Crippen LogP contribution in [0.25, 0.3) is 0 Å². The lowest BCUT2D eigenvalue weighted by Gasteiger charge is -2.38. The van der Waals surface area contributed by atoms with Crippen molar-refractivity contribution in [1.29, 1.82) is 0 Å². The molecule has 0 bridgehead atoms. The summed E-state index contributed by atoms with van der Waals surface area (Å²) in [7, 11) is 0. The van der Waals surface area contributed by atoms with Crippen LogP contribution in [0.3, 0.4) is 0 Å². The summed E-state index contributed by atoms with van der Waals surface area (Å²) >= 11 is 0. The molecular weight excluding hydrogens is 422 g/mol. The second-order valence-electron chi connectivity index (χ2n) is 7.61. The molecule has 178 valence electrons. The van der Waals surface area contributed by atoms with Crippen molar-refractivity contribution in [1.82, 2.24) is 10.6 Å². The molecule has 6 atom stereocenters. The Balaban J connectivity index is 1.60. The molecule has 11 nitrogen and oxygen atoms in total. The van der Waals surface area contributed by atoms with E-state index in [1.165, 1.54) is 6.92 Å². The molecule has 32 heavy (non-hydrogen) atoms. The maximum Gasteiger partial charge on any atom is 0.243 e. The monoisotopic (exact) mass is 453 g/mol. The van der Waals surface area contributed by atoms with E-state index in [-0.39, 0.29) is 32.4 Å². The number of amides is 3. The van der Waals surface area contributed by atoms with Gasteiger partial charge in [0.05, 0.1) is 18.8 Å². The molecule has 0 unspecified atom stereocenters. The van der Waals surface area contributed by atoms with E-state index in [0.29, 0.717) is 0 Å². The first-order chi connectivity index (χ1) is 15.2. The number of rotatable bonds is 10. The van der Waals surface area contributed by atoms with E-state index in [2.05, 4.69) is 10.6 Å². The van der Waals surface area contributed by atoms with Crippen molar-refractivity contribution < 1.29 is 39.2 Å². The van der Waals surface area contributed by atoms with Crippen LogP contribution in [0.15, 0.2) is 30.3 Å². The molecule has 1 saturated heterocycles. The average Bonchev–Trinajstić information content (AvgIpc) is 2.77. The number of imide groups is 1. The van der Waals surface area contributed by atoms with E-state index in [1.54, 1.807) is 0 Å². The highest BCUT2D eigenvalue weighted by atomic mass is 16.7. The number of aliphatic hydroxyl groups is 3. The molecule has 1 fully saturated rings. The van der Waals surface area contributed by atoms with Gasteiger partial charge in [0, 0.05) is 19.4 Å². The van der Waals surface area contributed by atoms with Crippen LogP contribution in [-0.2, 0) is 30.3 Å². The van der Waals surface area contributed by atoms with Gasteiger partial charge in [0.2, 0.25) is 17.7 Å². The topological polar surface area (TPSA) is 180 Å². The SMILES string of the molecule is C[C@@H]1O[C@@H](OCCNC(=O)CCC(=O)NC(=O)[C@@H](N)Cc2ccccc2)[C@@H](O)[C@H](O)[C@@H]1O. The van der Waals surface area contributed by atoms with Crippen LogP contribution < -0.4 is 16.4 Å². The first kappa shape index (κ1) is 25.8. The Labute approximate surface area is 185 Å². The largest absolute Gasteiger partial charge is 0.388 e. The van der Waals surface area contributed by atoms with Gasteiger partial charge >= 0.3 is 0 Å². The Bertz CT molecular complexity index is 763. The number of carbonyl (C=O) groups is 3. The molecule has 1 aliphatic rings.